The van der Waals surface area contributed by atoms with Gasteiger partial charge in [-0.05, 0) is 43.7 Å². The van der Waals surface area contributed by atoms with Crippen LogP contribution in [0, 0.1) is 12.1 Å². The molecule has 3 aromatic rings. The molecule has 0 saturated heterocycles. The van der Waals surface area contributed by atoms with Gasteiger partial charge in [-0.25, -0.2) is 4.68 Å². The van der Waals surface area contributed by atoms with Crippen LogP contribution in [0.5, 0.6) is 0 Å². The van der Waals surface area contributed by atoms with Gasteiger partial charge in [0.25, 0.3) is 0 Å². The zero-order valence-corrected chi connectivity index (χ0v) is 16.3. The van der Waals surface area contributed by atoms with Crippen molar-refractivity contribution in [3.63, 3.8) is 0 Å². The molecule has 3 heterocycles. The molecular formula is C21H22N5O3-. The highest BCUT2D eigenvalue weighted by molar-refractivity contribution is 5.79. The van der Waals surface area contributed by atoms with Gasteiger partial charge in [0.05, 0.1) is 24.2 Å². The molecular weight excluding hydrogens is 370 g/mol. The van der Waals surface area contributed by atoms with Crippen LogP contribution in [0.15, 0.2) is 59.3 Å². The number of rotatable bonds is 6. The standard InChI is InChI=1S/C21H22N5O3/c1-15-14-24(11-10-19(27)22-13-18-9-6-12-29-18)26(28)21-20(15)16(2)25(23-21)17-7-4-3-5-8-17/h3-9,12,14H,10-11,13H2,1-2H3,(H,22,27)/q-1. The Labute approximate surface area is 168 Å². The number of hydrogen-bond acceptors (Lipinski definition) is 6. The van der Waals surface area contributed by atoms with E-state index in [-0.39, 0.29) is 18.9 Å². The Bertz CT molecular complexity index is 1020. The van der Waals surface area contributed by atoms with E-state index in [4.69, 9.17) is 4.42 Å². The Kier molecular flexibility index (Phi) is 5.09. The number of furan rings is 1. The first kappa shape index (κ1) is 18.8. The lowest BCUT2D eigenvalue weighted by atomic mass is 10.1. The number of carbonyl (C=O) groups excluding carboxylic acids is 1. The summed E-state index contributed by atoms with van der Waals surface area (Å²) in [5, 5.41) is 22.4. The average molecular weight is 392 g/mol. The Morgan fingerprint density at radius 2 is 1.97 bits per heavy atom. The number of hydrazine groups is 1. The first-order valence-corrected chi connectivity index (χ1v) is 9.41. The van der Waals surface area contributed by atoms with Crippen molar-refractivity contribution in [2.45, 2.75) is 26.8 Å². The predicted octanol–water partition coefficient (Wildman–Crippen LogP) is 3.38. The van der Waals surface area contributed by atoms with E-state index in [2.05, 4.69) is 10.4 Å². The second-order valence-electron chi connectivity index (χ2n) is 6.89. The zero-order chi connectivity index (χ0) is 20.4. The third kappa shape index (κ3) is 3.74. The first-order valence-electron chi connectivity index (χ1n) is 9.41. The maximum Gasteiger partial charge on any atom is 0.222 e. The van der Waals surface area contributed by atoms with Crippen molar-refractivity contribution < 1.29 is 9.21 Å². The fraction of sp³-hybridized carbons (Fsp3) is 0.238. The summed E-state index contributed by atoms with van der Waals surface area (Å²) in [5.74, 6) is 0.865. The molecule has 8 heteroatoms. The normalized spacial score (nSPS) is 13.3. The molecule has 0 radical (unpaired) electrons. The molecule has 0 spiro atoms. The molecule has 0 unspecified atom stereocenters. The van der Waals surface area contributed by atoms with Crippen molar-refractivity contribution in [1.29, 1.82) is 0 Å². The lowest BCUT2D eigenvalue weighted by Crippen LogP contribution is -2.39. The molecule has 0 aliphatic carbocycles. The molecule has 150 valence electrons. The molecule has 0 fully saturated rings. The second kappa shape index (κ2) is 7.84. The average Bonchev–Trinajstić information content (AvgIpc) is 3.37. The fourth-order valence-corrected chi connectivity index (χ4v) is 3.42. The molecule has 1 aliphatic rings. The topological polar surface area (TPSA) is 89.6 Å². The highest BCUT2D eigenvalue weighted by atomic mass is 16.6. The SMILES string of the molecule is CC1=CN(CCC(=O)NCc2ccco2)N([O-])c2nn(-c3ccccc3)c(C)c21. The van der Waals surface area contributed by atoms with Crippen molar-refractivity contribution in [2.75, 3.05) is 11.7 Å². The summed E-state index contributed by atoms with van der Waals surface area (Å²) in [6.45, 7) is 4.47. The van der Waals surface area contributed by atoms with Crippen molar-refractivity contribution in [2.24, 2.45) is 0 Å². The molecule has 0 atom stereocenters. The van der Waals surface area contributed by atoms with Gasteiger partial charge in [0, 0.05) is 24.7 Å². The highest BCUT2D eigenvalue weighted by Crippen LogP contribution is 2.35. The molecule has 1 amide bonds. The van der Waals surface area contributed by atoms with Gasteiger partial charge < -0.3 is 25.1 Å². The van der Waals surface area contributed by atoms with Crippen LogP contribution < -0.4 is 10.5 Å². The lowest BCUT2D eigenvalue weighted by Gasteiger charge is -2.42. The Hall–Kier alpha value is -3.52. The lowest BCUT2D eigenvalue weighted by molar-refractivity contribution is -0.121. The Balaban J connectivity index is 1.46. The molecule has 4 rings (SSSR count). The minimum Gasteiger partial charge on any atom is -0.737 e. The summed E-state index contributed by atoms with van der Waals surface area (Å²) in [7, 11) is 0. The van der Waals surface area contributed by atoms with Gasteiger partial charge in [-0.2, -0.15) is 0 Å². The zero-order valence-electron chi connectivity index (χ0n) is 16.3. The maximum absolute atomic E-state index is 12.9. The number of anilines is 1. The number of amides is 1. The third-order valence-corrected chi connectivity index (χ3v) is 4.86. The van der Waals surface area contributed by atoms with Gasteiger partial charge in [-0.3, -0.25) is 4.79 Å². The van der Waals surface area contributed by atoms with Crippen LogP contribution in [0.2, 0.25) is 0 Å². The quantitative estimate of drug-likeness (QED) is 0.692. The second-order valence-corrected chi connectivity index (χ2v) is 6.89. The third-order valence-electron chi connectivity index (χ3n) is 4.86. The minimum atomic E-state index is -0.155. The molecule has 0 bridgehead atoms. The van der Waals surface area contributed by atoms with E-state index >= 15 is 0 Å². The summed E-state index contributed by atoms with van der Waals surface area (Å²) in [6.07, 6.45) is 3.50. The van der Waals surface area contributed by atoms with Crippen molar-refractivity contribution >= 4 is 17.3 Å². The number of benzene rings is 1. The molecule has 29 heavy (non-hydrogen) atoms. The van der Waals surface area contributed by atoms with Gasteiger partial charge in [0.1, 0.15) is 5.76 Å². The maximum atomic E-state index is 12.9. The molecule has 0 saturated carbocycles. The summed E-state index contributed by atoms with van der Waals surface area (Å²) in [5.41, 5.74) is 3.55. The van der Waals surface area contributed by atoms with Crippen LogP contribution in [0.4, 0.5) is 5.82 Å². The van der Waals surface area contributed by atoms with Gasteiger partial charge in [-0.15, -0.1) is 5.10 Å². The molecule has 1 aromatic carbocycles. The van der Waals surface area contributed by atoms with E-state index in [1.54, 1.807) is 29.3 Å². The van der Waals surface area contributed by atoms with E-state index in [0.29, 0.717) is 18.1 Å². The monoisotopic (exact) mass is 392 g/mol. The van der Waals surface area contributed by atoms with Crippen LogP contribution in [-0.4, -0.2) is 27.2 Å². The van der Waals surface area contributed by atoms with Crippen LogP contribution in [0.25, 0.3) is 11.3 Å². The van der Waals surface area contributed by atoms with Gasteiger partial charge >= 0.3 is 0 Å². The number of aromatic nitrogens is 2. The van der Waals surface area contributed by atoms with Crippen molar-refractivity contribution in [1.82, 2.24) is 20.1 Å². The molecule has 2 aromatic heterocycles. The highest BCUT2D eigenvalue weighted by Gasteiger charge is 2.25. The minimum absolute atomic E-state index is 0.155. The molecule has 1 N–H and O–H groups in total. The number of carbonyl (C=O) groups is 1. The first-order chi connectivity index (χ1) is 14.0. The number of fused-ring (bicyclic) bond motifs is 1. The predicted molar refractivity (Wildman–Crippen MR) is 110 cm³/mol. The van der Waals surface area contributed by atoms with Crippen LogP contribution in [0.1, 0.15) is 30.4 Å². The van der Waals surface area contributed by atoms with Crippen LogP contribution >= 0.6 is 0 Å². The van der Waals surface area contributed by atoms with Gasteiger partial charge in [-0.1, -0.05) is 18.2 Å². The van der Waals surface area contributed by atoms with Gasteiger partial charge in [0.2, 0.25) is 5.91 Å². The smallest absolute Gasteiger partial charge is 0.222 e. The Morgan fingerprint density at radius 3 is 2.69 bits per heavy atom. The number of nitrogens with zero attached hydrogens (tertiary/aromatic N) is 4. The summed E-state index contributed by atoms with van der Waals surface area (Å²) in [4.78, 5) is 12.1. The number of allylic oxidation sites excluding steroid dienone is 1. The van der Waals surface area contributed by atoms with Crippen molar-refractivity contribution in [3.8, 4) is 5.69 Å². The van der Waals surface area contributed by atoms with E-state index in [1.807, 2.05) is 44.2 Å². The largest absolute Gasteiger partial charge is 0.737 e. The van der Waals surface area contributed by atoms with Crippen LogP contribution in [0.3, 0.4) is 0 Å². The Morgan fingerprint density at radius 1 is 1.17 bits per heavy atom. The number of para-hydroxylation sites is 1. The fourth-order valence-electron chi connectivity index (χ4n) is 3.42. The number of hydrogen-bond donors (Lipinski definition) is 1. The summed E-state index contributed by atoms with van der Waals surface area (Å²) in [6, 6.07) is 13.3. The van der Waals surface area contributed by atoms with Crippen LogP contribution in [-0.2, 0) is 11.3 Å². The van der Waals surface area contributed by atoms with E-state index in [0.717, 1.165) is 27.7 Å². The molecule has 1 aliphatic heterocycles. The van der Waals surface area contributed by atoms with E-state index in [1.165, 1.54) is 5.01 Å². The van der Waals surface area contributed by atoms with E-state index < -0.39 is 0 Å². The van der Waals surface area contributed by atoms with E-state index in [9.17, 15) is 10.0 Å². The van der Waals surface area contributed by atoms with Gasteiger partial charge in [0.15, 0.2) is 5.82 Å². The summed E-state index contributed by atoms with van der Waals surface area (Å²) < 4.78 is 6.97. The van der Waals surface area contributed by atoms with Crippen molar-refractivity contribution in [3.05, 3.63) is 77.2 Å². The summed E-state index contributed by atoms with van der Waals surface area (Å²) >= 11 is 0. The molecule has 8 nitrogen and oxygen atoms in total. The number of nitrogens with one attached hydrogen (secondary N) is 1.